The van der Waals surface area contributed by atoms with Crippen molar-refractivity contribution in [2.75, 3.05) is 4.90 Å². The second-order valence-corrected chi connectivity index (χ2v) is 6.83. The summed E-state index contributed by atoms with van der Waals surface area (Å²) < 4.78 is 19.4. The van der Waals surface area contributed by atoms with Crippen molar-refractivity contribution >= 4 is 33.3 Å². The van der Waals surface area contributed by atoms with Crippen LogP contribution in [0.4, 0.5) is 9.52 Å². The van der Waals surface area contributed by atoms with Crippen molar-refractivity contribution < 1.29 is 13.6 Å². The Morgan fingerprint density at radius 2 is 2.00 bits per heavy atom. The van der Waals surface area contributed by atoms with Crippen molar-refractivity contribution in [3.05, 3.63) is 87.2 Å². The van der Waals surface area contributed by atoms with Gasteiger partial charge in [-0.25, -0.2) is 9.37 Å². The van der Waals surface area contributed by atoms with Gasteiger partial charge >= 0.3 is 0 Å². The molecule has 6 nitrogen and oxygen atoms in total. The van der Waals surface area contributed by atoms with Crippen LogP contribution < -0.4 is 10.3 Å². The van der Waals surface area contributed by atoms with Gasteiger partial charge in [-0.2, -0.15) is 0 Å². The SMILES string of the molecule is O=C1c2oc3ccc(F)cc3c(=O)c2C(c2ccccn2)N1c1nccs1. The lowest BCUT2D eigenvalue weighted by Crippen LogP contribution is -2.29. The second-order valence-electron chi connectivity index (χ2n) is 5.96. The van der Waals surface area contributed by atoms with Crippen LogP contribution in [-0.4, -0.2) is 15.9 Å². The zero-order valence-corrected chi connectivity index (χ0v) is 14.4. The van der Waals surface area contributed by atoms with E-state index >= 15 is 0 Å². The number of hydrogen-bond acceptors (Lipinski definition) is 6. The van der Waals surface area contributed by atoms with Crippen LogP contribution >= 0.6 is 11.3 Å². The molecular weight excluding hydrogens is 369 g/mol. The monoisotopic (exact) mass is 379 g/mol. The molecule has 132 valence electrons. The highest BCUT2D eigenvalue weighted by Gasteiger charge is 2.45. The zero-order chi connectivity index (χ0) is 18.5. The maximum absolute atomic E-state index is 13.7. The third kappa shape index (κ3) is 2.30. The second kappa shape index (κ2) is 5.82. The Labute approximate surface area is 155 Å². The average molecular weight is 379 g/mol. The van der Waals surface area contributed by atoms with Gasteiger partial charge in [-0.1, -0.05) is 6.07 Å². The number of aromatic nitrogens is 2. The van der Waals surface area contributed by atoms with E-state index in [0.29, 0.717) is 10.8 Å². The smallest absolute Gasteiger partial charge is 0.297 e. The molecule has 1 amide bonds. The highest BCUT2D eigenvalue weighted by atomic mass is 32.1. The summed E-state index contributed by atoms with van der Waals surface area (Å²) in [4.78, 5) is 36.2. The third-order valence-electron chi connectivity index (χ3n) is 4.43. The molecule has 8 heteroatoms. The molecule has 1 aliphatic rings. The van der Waals surface area contributed by atoms with Gasteiger partial charge in [0.25, 0.3) is 5.91 Å². The molecule has 0 saturated carbocycles. The van der Waals surface area contributed by atoms with Crippen LogP contribution in [0.3, 0.4) is 0 Å². The lowest BCUT2D eigenvalue weighted by Gasteiger charge is -2.21. The number of carbonyl (C=O) groups excluding carboxylic acids is 1. The van der Waals surface area contributed by atoms with E-state index in [9.17, 15) is 14.0 Å². The number of pyridine rings is 1. The Balaban J connectivity index is 1.85. The molecule has 0 saturated heterocycles. The Morgan fingerprint density at radius 1 is 1.11 bits per heavy atom. The molecule has 5 rings (SSSR count). The Hall–Kier alpha value is -3.39. The molecule has 1 aliphatic heterocycles. The van der Waals surface area contributed by atoms with Crippen LogP contribution in [0.25, 0.3) is 11.0 Å². The summed E-state index contributed by atoms with van der Waals surface area (Å²) in [7, 11) is 0. The number of benzene rings is 1. The van der Waals surface area contributed by atoms with Crippen molar-refractivity contribution in [1.29, 1.82) is 0 Å². The lowest BCUT2D eigenvalue weighted by molar-refractivity contribution is 0.0970. The van der Waals surface area contributed by atoms with E-state index in [0.717, 1.165) is 6.07 Å². The van der Waals surface area contributed by atoms with Crippen molar-refractivity contribution in [3.63, 3.8) is 0 Å². The largest absolute Gasteiger partial charge is 0.450 e. The van der Waals surface area contributed by atoms with Crippen LogP contribution in [0.5, 0.6) is 0 Å². The fourth-order valence-corrected chi connectivity index (χ4v) is 3.96. The van der Waals surface area contributed by atoms with E-state index in [-0.39, 0.29) is 22.3 Å². The Morgan fingerprint density at radius 3 is 2.74 bits per heavy atom. The van der Waals surface area contributed by atoms with Crippen molar-refractivity contribution in [2.24, 2.45) is 0 Å². The third-order valence-corrected chi connectivity index (χ3v) is 5.20. The topological polar surface area (TPSA) is 76.3 Å². The average Bonchev–Trinajstić information content (AvgIpc) is 3.30. The molecule has 0 N–H and O–H groups in total. The van der Waals surface area contributed by atoms with Crippen LogP contribution in [-0.2, 0) is 0 Å². The summed E-state index contributed by atoms with van der Waals surface area (Å²) in [5.74, 6) is -1.09. The number of thiazole rings is 1. The van der Waals surface area contributed by atoms with Crippen molar-refractivity contribution in [2.45, 2.75) is 6.04 Å². The normalized spacial score (nSPS) is 16.1. The van der Waals surface area contributed by atoms with Crippen LogP contribution in [0, 0.1) is 5.82 Å². The van der Waals surface area contributed by atoms with Crippen LogP contribution in [0.15, 0.2) is 63.4 Å². The molecule has 0 aliphatic carbocycles. The van der Waals surface area contributed by atoms with E-state index in [1.54, 1.807) is 36.0 Å². The zero-order valence-electron chi connectivity index (χ0n) is 13.6. The number of halogens is 1. The maximum atomic E-state index is 13.7. The standard InChI is InChI=1S/C19H10FN3O3S/c20-10-4-5-13-11(9-10)16(24)14-15(12-3-1-2-6-21-12)23(18(25)17(14)26-13)19-22-7-8-27-19/h1-9,15H. The van der Waals surface area contributed by atoms with E-state index in [1.165, 1.54) is 28.4 Å². The first-order valence-electron chi connectivity index (χ1n) is 8.05. The molecule has 27 heavy (non-hydrogen) atoms. The minimum Gasteiger partial charge on any atom is -0.450 e. The van der Waals surface area contributed by atoms with Gasteiger partial charge in [0.2, 0.25) is 5.76 Å². The van der Waals surface area contributed by atoms with Crippen molar-refractivity contribution in [1.82, 2.24) is 9.97 Å². The van der Waals surface area contributed by atoms with Gasteiger partial charge in [0, 0.05) is 17.8 Å². The highest BCUT2D eigenvalue weighted by Crippen LogP contribution is 2.41. The number of anilines is 1. The van der Waals surface area contributed by atoms with E-state index in [4.69, 9.17) is 4.42 Å². The van der Waals surface area contributed by atoms with Crippen molar-refractivity contribution in [3.8, 4) is 0 Å². The van der Waals surface area contributed by atoms with E-state index in [2.05, 4.69) is 9.97 Å². The molecule has 4 heterocycles. The van der Waals surface area contributed by atoms with Gasteiger partial charge in [0.05, 0.1) is 16.6 Å². The lowest BCUT2D eigenvalue weighted by atomic mass is 10.0. The fourth-order valence-electron chi connectivity index (χ4n) is 3.29. The summed E-state index contributed by atoms with van der Waals surface area (Å²) in [6, 6.07) is 8.10. The molecule has 1 atom stereocenters. The van der Waals surface area contributed by atoms with Crippen LogP contribution in [0.1, 0.15) is 27.9 Å². The first-order chi connectivity index (χ1) is 13.1. The minimum absolute atomic E-state index is 0.0649. The number of rotatable bonds is 2. The number of carbonyl (C=O) groups is 1. The molecular formula is C19H10FN3O3S. The van der Waals surface area contributed by atoms with Gasteiger partial charge in [-0.05, 0) is 30.3 Å². The van der Waals surface area contributed by atoms with Gasteiger partial charge in [-0.3, -0.25) is 19.5 Å². The summed E-state index contributed by atoms with van der Waals surface area (Å²) in [5, 5.41) is 2.25. The van der Waals surface area contributed by atoms with E-state index in [1.807, 2.05) is 0 Å². The Kier molecular flexibility index (Phi) is 3.41. The maximum Gasteiger partial charge on any atom is 0.297 e. The molecule has 1 aromatic carbocycles. The van der Waals surface area contributed by atoms with Gasteiger partial charge < -0.3 is 4.42 Å². The van der Waals surface area contributed by atoms with Gasteiger partial charge in [0.1, 0.15) is 17.4 Å². The highest BCUT2D eigenvalue weighted by molar-refractivity contribution is 7.13. The predicted molar refractivity (Wildman–Crippen MR) is 97.4 cm³/mol. The molecule has 0 spiro atoms. The van der Waals surface area contributed by atoms with E-state index < -0.39 is 23.2 Å². The predicted octanol–water partition coefficient (Wildman–Crippen LogP) is 3.53. The van der Waals surface area contributed by atoms with Crippen LogP contribution in [0.2, 0.25) is 0 Å². The Bertz CT molecular complexity index is 1240. The summed E-state index contributed by atoms with van der Waals surface area (Å²) in [6.45, 7) is 0. The number of hydrogen-bond donors (Lipinski definition) is 0. The molecule has 4 aromatic rings. The first-order valence-corrected chi connectivity index (χ1v) is 8.93. The molecule has 1 unspecified atom stereocenters. The number of fused-ring (bicyclic) bond motifs is 2. The number of amides is 1. The summed E-state index contributed by atoms with van der Waals surface area (Å²) in [6.07, 6.45) is 3.16. The molecule has 0 bridgehead atoms. The first kappa shape index (κ1) is 15.8. The summed E-state index contributed by atoms with van der Waals surface area (Å²) in [5.41, 5.74) is 0.359. The van der Waals surface area contributed by atoms with Gasteiger partial charge in [-0.15, -0.1) is 11.3 Å². The molecule has 0 radical (unpaired) electrons. The quantitative estimate of drug-likeness (QED) is 0.533. The summed E-state index contributed by atoms with van der Waals surface area (Å²) >= 11 is 1.27. The molecule has 0 fully saturated rings. The fraction of sp³-hybridized carbons (Fsp3) is 0.0526. The minimum atomic E-state index is -0.788. The molecule has 3 aromatic heterocycles. The number of nitrogens with zero attached hydrogens (tertiary/aromatic N) is 3. The van der Waals surface area contributed by atoms with Gasteiger partial charge in [0.15, 0.2) is 10.6 Å².